The number of amides is 1. The van der Waals surface area contributed by atoms with E-state index in [1.54, 1.807) is 54.0 Å². The number of methoxy groups -OCH3 is 2. The molecule has 118 valence electrons. The molecule has 0 spiro atoms. The SMILES string of the molecule is COc1cc(C(=O)NC(C)(C)C(C)(C)O)cc(OC)c1C. The Balaban J connectivity index is 3.14. The van der Waals surface area contributed by atoms with Gasteiger partial charge in [-0.3, -0.25) is 4.79 Å². The molecule has 0 aliphatic heterocycles. The number of hydrogen-bond donors (Lipinski definition) is 2. The van der Waals surface area contributed by atoms with Crippen LogP contribution in [-0.2, 0) is 0 Å². The maximum absolute atomic E-state index is 12.4. The van der Waals surface area contributed by atoms with Crippen molar-refractivity contribution in [1.29, 1.82) is 0 Å². The minimum atomic E-state index is -1.05. The monoisotopic (exact) mass is 295 g/mol. The molecule has 0 heterocycles. The number of ether oxygens (including phenoxy) is 2. The van der Waals surface area contributed by atoms with Crippen molar-refractivity contribution < 1.29 is 19.4 Å². The topological polar surface area (TPSA) is 67.8 Å². The highest BCUT2D eigenvalue weighted by atomic mass is 16.5. The van der Waals surface area contributed by atoms with Gasteiger partial charge in [-0.1, -0.05) is 0 Å². The van der Waals surface area contributed by atoms with Gasteiger partial charge in [-0.05, 0) is 46.8 Å². The second-order valence-electron chi connectivity index (χ2n) is 6.14. The fraction of sp³-hybridized carbons (Fsp3) is 0.562. The first-order valence-electron chi connectivity index (χ1n) is 6.81. The molecule has 1 aromatic rings. The van der Waals surface area contributed by atoms with E-state index >= 15 is 0 Å². The summed E-state index contributed by atoms with van der Waals surface area (Å²) in [7, 11) is 3.09. The standard InChI is InChI=1S/C16H25NO4/c1-10-12(20-6)8-11(9-13(10)21-7)14(18)17-15(2,3)16(4,5)19/h8-9,19H,1-7H3,(H,17,18). The molecule has 0 aliphatic rings. The van der Waals surface area contributed by atoms with Crippen molar-refractivity contribution in [1.82, 2.24) is 5.32 Å². The minimum absolute atomic E-state index is 0.293. The lowest BCUT2D eigenvalue weighted by Gasteiger charge is -2.38. The first kappa shape index (κ1) is 17.3. The fourth-order valence-electron chi connectivity index (χ4n) is 1.73. The van der Waals surface area contributed by atoms with Crippen molar-refractivity contribution in [2.24, 2.45) is 0 Å². The molecule has 0 fully saturated rings. The van der Waals surface area contributed by atoms with Gasteiger partial charge in [-0.25, -0.2) is 0 Å². The number of carbonyl (C=O) groups is 1. The molecule has 1 rings (SSSR count). The van der Waals surface area contributed by atoms with Gasteiger partial charge in [-0.2, -0.15) is 0 Å². The van der Waals surface area contributed by atoms with Gasteiger partial charge in [0.1, 0.15) is 11.5 Å². The third-order valence-electron chi connectivity index (χ3n) is 3.97. The molecule has 21 heavy (non-hydrogen) atoms. The summed E-state index contributed by atoms with van der Waals surface area (Å²) in [6.07, 6.45) is 0. The summed E-state index contributed by atoms with van der Waals surface area (Å²) < 4.78 is 10.5. The summed E-state index contributed by atoms with van der Waals surface area (Å²) in [4.78, 5) is 12.4. The second-order valence-corrected chi connectivity index (χ2v) is 6.14. The average Bonchev–Trinajstić information content (AvgIpc) is 2.37. The van der Waals surface area contributed by atoms with E-state index in [0.29, 0.717) is 17.1 Å². The van der Waals surface area contributed by atoms with E-state index in [1.165, 1.54) is 0 Å². The van der Waals surface area contributed by atoms with Crippen LogP contribution in [0.2, 0.25) is 0 Å². The maximum atomic E-state index is 12.4. The molecule has 0 aromatic heterocycles. The van der Waals surface area contributed by atoms with Crippen LogP contribution in [0.4, 0.5) is 0 Å². The van der Waals surface area contributed by atoms with Gasteiger partial charge in [0.05, 0.1) is 25.4 Å². The van der Waals surface area contributed by atoms with Crippen LogP contribution in [0.5, 0.6) is 11.5 Å². The number of rotatable bonds is 5. The van der Waals surface area contributed by atoms with Gasteiger partial charge >= 0.3 is 0 Å². The molecule has 2 N–H and O–H groups in total. The minimum Gasteiger partial charge on any atom is -0.496 e. The highest BCUT2D eigenvalue weighted by Gasteiger charge is 2.36. The molecular weight excluding hydrogens is 270 g/mol. The van der Waals surface area contributed by atoms with Gasteiger partial charge in [0.2, 0.25) is 0 Å². The molecule has 1 aromatic carbocycles. The highest BCUT2D eigenvalue weighted by molar-refractivity contribution is 5.95. The largest absolute Gasteiger partial charge is 0.496 e. The number of carbonyl (C=O) groups excluding carboxylic acids is 1. The van der Waals surface area contributed by atoms with E-state index in [2.05, 4.69) is 5.32 Å². The predicted molar refractivity (Wildman–Crippen MR) is 82.1 cm³/mol. The highest BCUT2D eigenvalue weighted by Crippen LogP contribution is 2.30. The average molecular weight is 295 g/mol. The lowest BCUT2D eigenvalue weighted by Crippen LogP contribution is -2.57. The molecule has 0 bridgehead atoms. The molecule has 5 nitrogen and oxygen atoms in total. The van der Waals surface area contributed by atoms with E-state index in [1.807, 2.05) is 6.92 Å². The van der Waals surface area contributed by atoms with Crippen molar-refractivity contribution in [3.05, 3.63) is 23.3 Å². The Morgan fingerprint density at radius 1 is 1.10 bits per heavy atom. The first-order chi connectivity index (χ1) is 9.53. The Labute approximate surface area is 126 Å². The van der Waals surface area contributed by atoms with E-state index in [4.69, 9.17) is 9.47 Å². The van der Waals surface area contributed by atoms with E-state index in [-0.39, 0.29) is 5.91 Å². The third kappa shape index (κ3) is 3.67. The number of benzene rings is 1. The van der Waals surface area contributed by atoms with Crippen LogP contribution >= 0.6 is 0 Å². The molecule has 1 amide bonds. The van der Waals surface area contributed by atoms with Crippen LogP contribution < -0.4 is 14.8 Å². The van der Waals surface area contributed by atoms with Crippen LogP contribution in [0.3, 0.4) is 0 Å². The van der Waals surface area contributed by atoms with Crippen molar-refractivity contribution in [3.8, 4) is 11.5 Å². The molecule has 0 aliphatic carbocycles. The zero-order valence-corrected chi connectivity index (χ0v) is 13.8. The van der Waals surface area contributed by atoms with E-state index < -0.39 is 11.1 Å². The Kier molecular flexibility index (Phi) is 4.89. The van der Waals surface area contributed by atoms with Gasteiger partial charge < -0.3 is 19.9 Å². The van der Waals surface area contributed by atoms with Crippen LogP contribution in [-0.4, -0.2) is 36.4 Å². The molecule has 0 saturated heterocycles. The van der Waals surface area contributed by atoms with Crippen LogP contribution in [0.25, 0.3) is 0 Å². The smallest absolute Gasteiger partial charge is 0.252 e. The van der Waals surface area contributed by atoms with Crippen molar-refractivity contribution in [2.45, 2.75) is 45.8 Å². The Morgan fingerprint density at radius 2 is 1.52 bits per heavy atom. The van der Waals surface area contributed by atoms with Crippen LogP contribution in [0.15, 0.2) is 12.1 Å². The van der Waals surface area contributed by atoms with Gasteiger partial charge in [-0.15, -0.1) is 0 Å². The quantitative estimate of drug-likeness (QED) is 0.874. The summed E-state index contributed by atoms with van der Waals surface area (Å²) in [5.74, 6) is 0.875. The summed E-state index contributed by atoms with van der Waals surface area (Å²) in [5.41, 5.74) is -0.582. The van der Waals surface area contributed by atoms with Crippen LogP contribution in [0, 0.1) is 6.92 Å². The molecule has 0 atom stereocenters. The van der Waals surface area contributed by atoms with Crippen LogP contribution in [0.1, 0.15) is 43.6 Å². The van der Waals surface area contributed by atoms with Crippen molar-refractivity contribution in [2.75, 3.05) is 14.2 Å². The summed E-state index contributed by atoms with van der Waals surface area (Å²) >= 11 is 0. The second kappa shape index (κ2) is 5.93. The van der Waals surface area contributed by atoms with E-state index in [9.17, 15) is 9.90 Å². The number of hydrogen-bond acceptors (Lipinski definition) is 4. The maximum Gasteiger partial charge on any atom is 0.252 e. The lowest BCUT2D eigenvalue weighted by molar-refractivity contribution is -0.00293. The van der Waals surface area contributed by atoms with Gasteiger partial charge in [0.25, 0.3) is 5.91 Å². The zero-order valence-electron chi connectivity index (χ0n) is 13.8. The first-order valence-corrected chi connectivity index (χ1v) is 6.81. The zero-order chi connectivity index (χ0) is 16.4. The normalized spacial score (nSPS) is 12.0. The predicted octanol–water partition coefficient (Wildman–Crippen LogP) is 2.29. The van der Waals surface area contributed by atoms with Crippen molar-refractivity contribution >= 4 is 5.91 Å². The summed E-state index contributed by atoms with van der Waals surface area (Å²) in [5, 5.41) is 13.0. The van der Waals surface area contributed by atoms with Crippen molar-refractivity contribution in [3.63, 3.8) is 0 Å². The number of nitrogens with one attached hydrogen (secondary N) is 1. The Morgan fingerprint density at radius 3 is 1.86 bits per heavy atom. The summed E-state index contributed by atoms with van der Waals surface area (Å²) in [6.45, 7) is 8.72. The molecule has 5 heteroatoms. The Bertz CT molecular complexity index is 505. The van der Waals surface area contributed by atoms with Gasteiger partial charge in [0, 0.05) is 11.1 Å². The lowest BCUT2D eigenvalue weighted by atomic mass is 9.85. The van der Waals surface area contributed by atoms with E-state index in [0.717, 1.165) is 5.56 Å². The molecule has 0 radical (unpaired) electrons. The fourth-order valence-corrected chi connectivity index (χ4v) is 1.73. The Hall–Kier alpha value is -1.75. The molecule has 0 unspecified atom stereocenters. The third-order valence-corrected chi connectivity index (χ3v) is 3.97. The molecular formula is C16H25NO4. The summed E-state index contributed by atoms with van der Waals surface area (Å²) in [6, 6.07) is 3.32. The molecule has 0 saturated carbocycles. The number of aliphatic hydroxyl groups is 1. The van der Waals surface area contributed by atoms with Gasteiger partial charge in [0.15, 0.2) is 0 Å².